The average Bonchev–Trinajstić information content (AvgIpc) is 2.87. The normalized spacial score (nSPS) is 12.7. The third-order valence-electron chi connectivity index (χ3n) is 2.27. The van der Waals surface area contributed by atoms with Crippen LogP contribution >= 0.6 is 34.3 Å². The van der Waals surface area contributed by atoms with Crippen molar-refractivity contribution in [2.24, 2.45) is 0 Å². The Balaban J connectivity index is 2.04. The van der Waals surface area contributed by atoms with Crippen LogP contribution in [0.5, 0.6) is 0 Å². The largest absolute Gasteiger partial charge is 0.354 e. The maximum atomic E-state index is 5.91. The van der Waals surface area contributed by atoms with Crippen LogP contribution in [-0.4, -0.2) is 4.98 Å². The van der Waals surface area contributed by atoms with E-state index in [1.807, 2.05) is 6.07 Å². The number of nitrogens with zero attached hydrogens (tertiary/aromatic N) is 1. The smallest absolute Gasteiger partial charge is 0.183 e. The van der Waals surface area contributed by atoms with Crippen LogP contribution in [0.25, 0.3) is 0 Å². The van der Waals surface area contributed by atoms with Gasteiger partial charge in [0.2, 0.25) is 0 Å². The van der Waals surface area contributed by atoms with Gasteiger partial charge in [0, 0.05) is 10.3 Å². The summed E-state index contributed by atoms with van der Waals surface area (Å²) < 4.78 is 0.831. The summed E-state index contributed by atoms with van der Waals surface area (Å²) in [4.78, 5) is 5.71. The van der Waals surface area contributed by atoms with Gasteiger partial charge in [0.1, 0.15) is 0 Å². The first kappa shape index (κ1) is 11.9. The number of aromatic nitrogens is 1. The van der Waals surface area contributed by atoms with Crippen LogP contribution in [0.3, 0.4) is 0 Å². The molecule has 0 aliphatic heterocycles. The van der Waals surface area contributed by atoms with Crippen molar-refractivity contribution >= 4 is 39.4 Å². The number of hydrogen-bond donors (Lipinski definition) is 1. The van der Waals surface area contributed by atoms with Crippen LogP contribution in [0.1, 0.15) is 30.5 Å². The summed E-state index contributed by atoms with van der Waals surface area (Å²) in [6, 6.07) is 4.24. The quantitative estimate of drug-likeness (QED) is 0.880. The van der Waals surface area contributed by atoms with E-state index in [9.17, 15) is 0 Å². The maximum absolute atomic E-state index is 5.91. The number of nitrogens with one attached hydrogen (secondary N) is 1. The van der Waals surface area contributed by atoms with E-state index in [1.165, 1.54) is 4.88 Å². The highest BCUT2D eigenvalue weighted by atomic mass is 35.5. The number of aryl methyl sites for hydroxylation is 1. The van der Waals surface area contributed by atoms with Gasteiger partial charge in [0.25, 0.3) is 0 Å². The molecule has 1 unspecified atom stereocenters. The topological polar surface area (TPSA) is 24.9 Å². The van der Waals surface area contributed by atoms with Crippen molar-refractivity contribution in [1.82, 2.24) is 4.98 Å². The zero-order valence-electron chi connectivity index (χ0n) is 9.16. The fourth-order valence-electron chi connectivity index (χ4n) is 1.35. The van der Waals surface area contributed by atoms with Crippen LogP contribution in [-0.2, 0) is 6.42 Å². The summed E-state index contributed by atoms with van der Waals surface area (Å²) in [6.45, 7) is 4.23. The number of halogens is 1. The molecule has 1 atom stereocenters. The second kappa shape index (κ2) is 5.17. The SMILES string of the molecule is CCc1csc(NC(C)c2ccc(Cl)s2)n1. The van der Waals surface area contributed by atoms with E-state index >= 15 is 0 Å². The zero-order valence-corrected chi connectivity index (χ0v) is 11.5. The van der Waals surface area contributed by atoms with Crippen LogP contribution in [0.15, 0.2) is 17.5 Å². The van der Waals surface area contributed by atoms with Gasteiger partial charge in [0.15, 0.2) is 5.13 Å². The number of anilines is 1. The van der Waals surface area contributed by atoms with E-state index in [0.29, 0.717) is 0 Å². The van der Waals surface area contributed by atoms with E-state index in [0.717, 1.165) is 21.6 Å². The summed E-state index contributed by atoms with van der Waals surface area (Å²) in [5.74, 6) is 0. The second-order valence-corrected chi connectivity index (χ2v) is 6.11. The van der Waals surface area contributed by atoms with E-state index < -0.39 is 0 Å². The van der Waals surface area contributed by atoms with Crippen molar-refractivity contribution in [1.29, 1.82) is 0 Å². The van der Waals surface area contributed by atoms with Crippen molar-refractivity contribution in [3.05, 3.63) is 32.4 Å². The molecule has 0 aliphatic carbocycles. The molecule has 2 aromatic rings. The fraction of sp³-hybridized carbons (Fsp3) is 0.364. The molecule has 86 valence electrons. The lowest BCUT2D eigenvalue weighted by Gasteiger charge is -2.10. The summed E-state index contributed by atoms with van der Waals surface area (Å²) in [5, 5.41) is 6.46. The molecule has 0 bridgehead atoms. The monoisotopic (exact) mass is 272 g/mol. The third kappa shape index (κ3) is 2.75. The molecule has 0 radical (unpaired) electrons. The summed E-state index contributed by atoms with van der Waals surface area (Å²) in [5.41, 5.74) is 1.14. The van der Waals surface area contributed by atoms with Crippen LogP contribution in [0.4, 0.5) is 5.13 Å². The molecule has 0 spiro atoms. The third-order valence-corrected chi connectivity index (χ3v) is 4.51. The molecule has 0 aliphatic rings. The maximum Gasteiger partial charge on any atom is 0.183 e. The molecular weight excluding hydrogens is 260 g/mol. The van der Waals surface area contributed by atoms with E-state index in [2.05, 4.69) is 35.6 Å². The fourth-order valence-corrected chi connectivity index (χ4v) is 3.30. The number of thiazole rings is 1. The standard InChI is InChI=1S/C11H13ClN2S2/c1-3-8-6-15-11(14-8)13-7(2)9-4-5-10(12)16-9/h4-7H,3H2,1-2H3,(H,13,14). The molecule has 0 fully saturated rings. The van der Waals surface area contributed by atoms with Gasteiger partial charge in [-0.2, -0.15) is 0 Å². The molecule has 0 saturated carbocycles. The second-order valence-electron chi connectivity index (χ2n) is 3.51. The Hall–Kier alpha value is -0.580. The van der Waals surface area contributed by atoms with Gasteiger partial charge in [-0.1, -0.05) is 18.5 Å². The van der Waals surface area contributed by atoms with Gasteiger partial charge >= 0.3 is 0 Å². The first-order chi connectivity index (χ1) is 7.69. The average molecular weight is 273 g/mol. The highest BCUT2D eigenvalue weighted by molar-refractivity contribution is 7.16. The summed E-state index contributed by atoms with van der Waals surface area (Å²) in [6.07, 6.45) is 0.984. The number of thiophene rings is 1. The van der Waals surface area contributed by atoms with Gasteiger partial charge in [-0.3, -0.25) is 0 Å². The molecule has 2 aromatic heterocycles. The molecule has 0 amide bonds. The molecule has 0 saturated heterocycles. The minimum Gasteiger partial charge on any atom is -0.354 e. The molecule has 16 heavy (non-hydrogen) atoms. The molecule has 2 heterocycles. The van der Waals surface area contributed by atoms with Gasteiger partial charge in [0.05, 0.1) is 16.1 Å². The van der Waals surface area contributed by atoms with Crippen LogP contribution in [0.2, 0.25) is 4.34 Å². The van der Waals surface area contributed by atoms with Gasteiger partial charge in [-0.05, 0) is 25.5 Å². The van der Waals surface area contributed by atoms with Gasteiger partial charge in [-0.15, -0.1) is 22.7 Å². The summed E-state index contributed by atoms with van der Waals surface area (Å²) in [7, 11) is 0. The van der Waals surface area contributed by atoms with Crippen LogP contribution < -0.4 is 5.32 Å². The molecule has 0 aromatic carbocycles. The Kier molecular flexibility index (Phi) is 3.84. The summed E-state index contributed by atoms with van der Waals surface area (Å²) >= 11 is 9.17. The Morgan fingerprint density at radius 3 is 2.88 bits per heavy atom. The van der Waals surface area contributed by atoms with E-state index in [-0.39, 0.29) is 6.04 Å². The number of rotatable bonds is 4. The first-order valence-electron chi connectivity index (χ1n) is 5.15. The Labute approximate surface area is 108 Å². The Morgan fingerprint density at radius 1 is 1.50 bits per heavy atom. The van der Waals surface area contributed by atoms with Crippen molar-refractivity contribution < 1.29 is 0 Å². The number of hydrogen-bond acceptors (Lipinski definition) is 4. The predicted octanol–water partition coefficient (Wildman–Crippen LogP) is 4.59. The van der Waals surface area contributed by atoms with Crippen LogP contribution in [0, 0.1) is 0 Å². The molecule has 5 heteroatoms. The first-order valence-corrected chi connectivity index (χ1v) is 7.22. The van der Waals surface area contributed by atoms with E-state index in [4.69, 9.17) is 11.6 Å². The van der Waals surface area contributed by atoms with Crippen molar-refractivity contribution in [2.75, 3.05) is 5.32 Å². The molecular formula is C11H13ClN2S2. The minimum absolute atomic E-state index is 0.258. The Morgan fingerprint density at radius 2 is 2.31 bits per heavy atom. The predicted molar refractivity (Wildman–Crippen MR) is 72.9 cm³/mol. The van der Waals surface area contributed by atoms with Crippen molar-refractivity contribution in [2.45, 2.75) is 26.3 Å². The lowest BCUT2D eigenvalue weighted by atomic mass is 10.3. The van der Waals surface area contributed by atoms with Crippen molar-refractivity contribution in [3.8, 4) is 0 Å². The van der Waals surface area contributed by atoms with Crippen molar-refractivity contribution in [3.63, 3.8) is 0 Å². The van der Waals surface area contributed by atoms with Gasteiger partial charge < -0.3 is 5.32 Å². The zero-order chi connectivity index (χ0) is 11.5. The Bertz CT molecular complexity index is 464. The van der Waals surface area contributed by atoms with Gasteiger partial charge in [-0.25, -0.2) is 4.98 Å². The lowest BCUT2D eigenvalue weighted by molar-refractivity contribution is 0.900. The molecule has 1 N–H and O–H groups in total. The van der Waals surface area contributed by atoms with E-state index in [1.54, 1.807) is 22.7 Å². The minimum atomic E-state index is 0.258. The molecule has 2 rings (SSSR count). The molecule has 2 nitrogen and oxygen atoms in total. The highest BCUT2D eigenvalue weighted by Gasteiger charge is 2.09. The lowest BCUT2D eigenvalue weighted by Crippen LogP contribution is -2.04. The highest BCUT2D eigenvalue weighted by Crippen LogP contribution is 2.29.